The third kappa shape index (κ3) is 5.30. The van der Waals surface area contributed by atoms with Crippen LogP contribution in [0.4, 0.5) is 0 Å². The lowest BCUT2D eigenvalue weighted by atomic mass is 10.4. The molecule has 0 heterocycles. The summed E-state index contributed by atoms with van der Waals surface area (Å²) in [7, 11) is 1.58. The number of ether oxygens (including phenoxy) is 2. The van der Waals surface area contributed by atoms with Gasteiger partial charge in [-0.3, -0.25) is 4.79 Å². The summed E-state index contributed by atoms with van der Waals surface area (Å²) in [6.45, 7) is 3.55. The number of hydrogen-bond acceptors (Lipinski definition) is 3. The van der Waals surface area contributed by atoms with E-state index in [1.165, 1.54) is 6.92 Å². The minimum absolute atomic E-state index is 0.00565. The Kier molecular flexibility index (Phi) is 4.05. The Morgan fingerprint density at radius 2 is 2.22 bits per heavy atom. The molecule has 0 aliphatic carbocycles. The summed E-state index contributed by atoms with van der Waals surface area (Å²) < 4.78 is 9.45. The molecule has 0 saturated carbocycles. The highest BCUT2D eigenvalue weighted by molar-refractivity contribution is 5.65. The molecule has 3 heteroatoms. The third-order valence-electron chi connectivity index (χ3n) is 0.924. The molecule has 0 amide bonds. The second kappa shape index (κ2) is 4.32. The van der Waals surface area contributed by atoms with Crippen LogP contribution in [0.1, 0.15) is 13.8 Å². The molecule has 0 aromatic rings. The summed E-state index contributed by atoms with van der Waals surface area (Å²) in [6, 6.07) is 0. The zero-order valence-electron chi connectivity index (χ0n) is 6.01. The Balaban J connectivity index is 3.16. The van der Waals surface area contributed by atoms with Crippen LogP contribution in [0.3, 0.4) is 0 Å². The lowest BCUT2D eigenvalue weighted by Crippen LogP contribution is -2.15. The summed E-state index contributed by atoms with van der Waals surface area (Å²) in [4.78, 5) is 10.2. The van der Waals surface area contributed by atoms with Crippen LogP contribution in [0.2, 0.25) is 0 Å². The van der Waals surface area contributed by atoms with Crippen molar-refractivity contribution in [3.63, 3.8) is 0 Å². The topological polar surface area (TPSA) is 35.5 Å². The average Bonchev–Trinajstić information content (AvgIpc) is 1.83. The highest BCUT2D eigenvalue weighted by Crippen LogP contribution is 1.88. The van der Waals surface area contributed by atoms with E-state index in [-0.39, 0.29) is 12.1 Å². The Bertz CT molecular complexity index is 90.3. The van der Waals surface area contributed by atoms with Crippen LogP contribution >= 0.6 is 0 Å². The quantitative estimate of drug-likeness (QED) is 0.527. The van der Waals surface area contributed by atoms with E-state index in [1.807, 2.05) is 6.92 Å². The van der Waals surface area contributed by atoms with Gasteiger partial charge in [0.05, 0.1) is 6.10 Å². The Hall–Kier alpha value is -0.570. The molecule has 0 aromatic carbocycles. The lowest BCUT2D eigenvalue weighted by Gasteiger charge is -2.07. The molecule has 3 nitrogen and oxygen atoms in total. The predicted molar refractivity (Wildman–Crippen MR) is 33.1 cm³/mol. The average molecular weight is 132 g/mol. The first-order valence-electron chi connectivity index (χ1n) is 2.83. The van der Waals surface area contributed by atoms with Gasteiger partial charge >= 0.3 is 5.97 Å². The van der Waals surface area contributed by atoms with Gasteiger partial charge in [-0.25, -0.2) is 0 Å². The van der Waals surface area contributed by atoms with E-state index in [2.05, 4.69) is 4.74 Å². The molecule has 0 aliphatic rings. The minimum atomic E-state index is -0.265. The standard InChI is InChI=1S/C6H12O3/c1-5(8-3)4-9-6(2)7/h5H,4H2,1-3H3/t5-/m1/s1. The van der Waals surface area contributed by atoms with Crippen molar-refractivity contribution in [2.45, 2.75) is 20.0 Å². The summed E-state index contributed by atoms with van der Waals surface area (Å²) in [6.07, 6.45) is -0.00565. The van der Waals surface area contributed by atoms with Gasteiger partial charge < -0.3 is 9.47 Å². The molecular weight excluding hydrogens is 120 g/mol. The van der Waals surface area contributed by atoms with Crippen LogP contribution in [0.25, 0.3) is 0 Å². The van der Waals surface area contributed by atoms with Crippen LogP contribution in [-0.2, 0) is 14.3 Å². The summed E-state index contributed by atoms with van der Waals surface area (Å²) >= 11 is 0. The van der Waals surface area contributed by atoms with Crippen molar-refractivity contribution in [1.82, 2.24) is 0 Å². The van der Waals surface area contributed by atoms with Crippen LogP contribution in [0, 0.1) is 0 Å². The third-order valence-corrected chi connectivity index (χ3v) is 0.924. The molecule has 0 saturated heterocycles. The first-order valence-corrected chi connectivity index (χ1v) is 2.83. The lowest BCUT2D eigenvalue weighted by molar-refractivity contribution is -0.144. The maximum absolute atomic E-state index is 10.2. The zero-order valence-corrected chi connectivity index (χ0v) is 6.01. The fraction of sp³-hybridized carbons (Fsp3) is 0.833. The molecule has 54 valence electrons. The molecule has 1 atom stereocenters. The normalized spacial score (nSPS) is 12.8. The molecule has 0 radical (unpaired) electrons. The van der Waals surface area contributed by atoms with Gasteiger partial charge in [0, 0.05) is 14.0 Å². The van der Waals surface area contributed by atoms with Gasteiger partial charge in [0.1, 0.15) is 6.61 Å². The van der Waals surface area contributed by atoms with Crippen molar-refractivity contribution in [2.75, 3.05) is 13.7 Å². The van der Waals surface area contributed by atoms with Gasteiger partial charge in [-0.15, -0.1) is 0 Å². The molecule has 0 aromatic heterocycles. The second-order valence-electron chi connectivity index (χ2n) is 1.85. The number of hydrogen-bond donors (Lipinski definition) is 0. The number of methoxy groups -OCH3 is 1. The highest BCUT2D eigenvalue weighted by atomic mass is 16.6. The maximum Gasteiger partial charge on any atom is 0.302 e. The van der Waals surface area contributed by atoms with Crippen LogP contribution in [0.15, 0.2) is 0 Å². The second-order valence-corrected chi connectivity index (χ2v) is 1.85. The molecule has 0 fully saturated rings. The molecule has 0 bridgehead atoms. The van der Waals surface area contributed by atoms with Gasteiger partial charge in [0.2, 0.25) is 0 Å². The van der Waals surface area contributed by atoms with Crippen LogP contribution in [-0.4, -0.2) is 25.8 Å². The summed E-state index contributed by atoms with van der Waals surface area (Å²) in [5.74, 6) is -0.265. The fourth-order valence-corrected chi connectivity index (χ4v) is 0.303. The monoisotopic (exact) mass is 132 g/mol. The van der Waals surface area contributed by atoms with Crippen LogP contribution < -0.4 is 0 Å². The van der Waals surface area contributed by atoms with E-state index < -0.39 is 0 Å². The SMILES string of the molecule is CO[C@H](C)COC(C)=O. The molecule has 0 unspecified atom stereocenters. The van der Waals surface area contributed by atoms with Crippen molar-refractivity contribution in [3.8, 4) is 0 Å². The van der Waals surface area contributed by atoms with Gasteiger partial charge in [-0.2, -0.15) is 0 Å². The summed E-state index contributed by atoms with van der Waals surface area (Å²) in [5, 5.41) is 0. The molecule has 9 heavy (non-hydrogen) atoms. The van der Waals surface area contributed by atoms with E-state index >= 15 is 0 Å². The van der Waals surface area contributed by atoms with Crippen molar-refractivity contribution in [1.29, 1.82) is 0 Å². The van der Waals surface area contributed by atoms with E-state index in [0.29, 0.717) is 6.61 Å². The van der Waals surface area contributed by atoms with Gasteiger partial charge in [0.15, 0.2) is 0 Å². The van der Waals surface area contributed by atoms with Crippen molar-refractivity contribution >= 4 is 5.97 Å². The van der Waals surface area contributed by atoms with Crippen molar-refractivity contribution < 1.29 is 14.3 Å². The van der Waals surface area contributed by atoms with E-state index in [4.69, 9.17) is 4.74 Å². The van der Waals surface area contributed by atoms with Crippen molar-refractivity contribution in [2.24, 2.45) is 0 Å². The number of esters is 1. The Labute approximate surface area is 55.0 Å². The van der Waals surface area contributed by atoms with E-state index in [0.717, 1.165) is 0 Å². The van der Waals surface area contributed by atoms with Gasteiger partial charge in [-0.05, 0) is 6.92 Å². The first-order chi connectivity index (χ1) is 4.16. The minimum Gasteiger partial charge on any atom is -0.463 e. The van der Waals surface area contributed by atoms with Gasteiger partial charge in [-0.1, -0.05) is 0 Å². The number of rotatable bonds is 3. The van der Waals surface area contributed by atoms with E-state index in [9.17, 15) is 4.79 Å². The van der Waals surface area contributed by atoms with Gasteiger partial charge in [0.25, 0.3) is 0 Å². The summed E-state index contributed by atoms with van der Waals surface area (Å²) in [5.41, 5.74) is 0. The van der Waals surface area contributed by atoms with E-state index in [1.54, 1.807) is 7.11 Å². The molecule has 0 N–H and O–H groups in total. The largest absolute Gasteiger partial charge is 0.463 e. The molecular formula is C6H12O3. The Morgan fingerprint density at radius 1 is 1.67 bits per heavy atom. The molecule has 0 aliphatic heterocycles. The molecule has 0 spiro atoms. The highest BCUT2D eigenvalue weighted by Gasteiger charge is 1.99. The predicted octanol–water partition coefficient (Wildman–Crippen LogP) is 0.584. The first kappa shape index (κ1) is 8.43. The van der Waals surface area contributed by atoms with Crippen LogP contribution in [0.5, 0.6) is 0 Å². The number of carbonyl (C=O) groups excluding carboxylic acids is 1. The Morgan fingerprint density at radius 3 is 2.56 bits per heavy atom. The van der Waals surface area contributed by atoms with Crippen molar-refractivity contribution in [3.05, 3.63) is 0 Å². The molecule has 0 rings (SSSR count). The zero-order chi connectivity index (χ0) is 7.28. The number of carbonyl (C=O) groups is 1. The smallest absolute Gasteiger partial charge is 0.302 e. The fourth-order valence-electron chi connectivity index (χ4n) is 0.303. The maximum atomic E-state index is 10.2.